The molecule has 2 aromatic heterocycles. The Labute approximate surface area is 670 Å². The Balaban J connectivity index is 0.927. The first kappa shape index (κ1) is 54.0. The van der Waals surface area contributed by atoms with Crippen LogP contribution in [0.4, 0.5) is 34.1 Å². The molecule has 4 aliphatic rings. The van der Waals surface area contributed by atoms with Gasteiger partial charge in [-0.2, -0.15) is 5.26 Å². The molecule has 0 fully saturated rings. The average Bonchev–Trinajstić information content (AvgIpc) is 1.28. The molecule has 16 aromatic carbocycles. The van der Waals surface area contributed by atoms with E-state index in [1.54, 1.807) is 16.7 Å². The van der Waals surface area contributed by atoms with Crippen molar-refractivity contribution in [2.75, 3.05) is 9.80 Å². The van der Waals surface area contributed by atoms with Gasteiger partial charge in [0, 0.05) is 72.5 Å². The highest BCUT2D eigenvalue weighted by Gasteiger charge is 2.53. The number of para-hydroxylation sites is 2. The van der Waals surface area contributed by atoms with E-state index in [1.165, 1.54) is 11.1 Å². The van der Waals surface area contributed by atoms with Crippen LogP contribution in [0.2, 0.25) is 0 Å². The van der Waals surface area contributed by atoms with Crippen LogP contribution in [0.15, 0.2) is 352 Å². The summed E-state index contributed by atoms with van der Waals surface area (Å²) >= 11 is 0. The van der Waals surface area contributed by atoms with E-state index in [4.69, 9.17) is 5.48 Å². The second kappa shape index (κ2) is 24.4. The molecule has 528 valence electrons. The number of aromatic nitrogens is 2. The maximum atomic E-state index is 10.7. The maximum Gasteiger partial charge on any atom is 0.252 e. The third kappa shape index (κ3) is 9.50. The number of hydrogen-bond acceptors (Lipinski definition) is 3. The molecule has 0 saturated carbocycles. The van der Waals surface area contributed by atoms with Gasteiger partial charge in [-0.15, -0.1) is 0 Å². The molecular formula is C106H76BN5. The summed E-state index contributed by atoms with van der Waals surface area (Å²) in [5, 5.41) is 12.8. The van der Waals surface area contributed by atoms with E-state index in [0.29, 0.717) is 22.6 Å². The molecule has 4 heterocycles. The van der Waals surface area contributed by atoms with Crippen molar-refractivity contribution in [3.8, 4) is 84.2 Å². The van der Waals surface area contributed by atoms with Crippen molar-refractivity contribution in [2.24, 2.45) is 0 Å². The van der Waals surface area contributed by atoms with E-state index in [-0.39, 0.29) is 50.3 Å². The Morgan fingerprint density at radius 3 is 1.47 bits per heavy atom. The van der Waals surface area contributed by atoms with E-state index < -0.39 is 78.1 Å². The molecule has 2 aliphatic carbocycles. The minimum absolute atomic E-state index is 0.0218. The molecule has 18 aromatic rings. The highest BCUT2D eigenvalue weighted by atomic mass is 15.2. The lowest BCUT2D eigenvalue weighted by Crippen LogP contribution is -2.61. The number of rotatable bonds is 8. The van der Waals surface area contributed by atoms with Crippen molar-refractivity contribution in [1.29, 1.82) is 5.26 Å². The van der Waals surface area contributed by atoms with Gasteiger partial charge in [0.25, 0.3) is 6.71 Å². The lowest BCUT2D eigenvalue weighted by molar-refractivity contribution is 0.591. The SMILES string of the molecule is [2H]c1c([2H])c([2H])c(-c2ccc(N3c4cc(-n5c6c([2H])c([2H])c([2H])c([2H])c6c6c([2H])c(C#N)c([2H])c([2H])c65)ccc4B4c5ccc(-n6c7ccc(C(C)(C)C)cc7c7ccc(C(C)(C)C)cc76)cc5N(c5c(-c6ccccc6)cccc5-c5ccccc5)c5cc(-c6cccc7c6C6(c8ccccc8-c8ccccc86)c6ccccc6-7)cc3c54)cc2)c([2H])c1[2H]. The van der Waals surface area contributed by atoms with Gasteiger partial charge in [0.2, 0.25) is 0 Å². The van der Waals surface area contributed by atoms with Gasteiger partial charge in [0.15, 0.2) is 0 Å². The molecule has 0 unspecified atom stereocenters. The Morgan fingerprint density at radius 1 is 0.339 bits per heavy atom. The lowest BCUT2D eigenvalue weighted by atomic mass is 9.33. The first-order valence-electron chi connectivity index (χ1n) is 44.2. The topological polar surface area (TPSA) is 40.1 Å². The van der Waals surface area contributed by atoms with Crippen LogP contribution in [-0.4, -0.2) is 15.8 Å². The summed E-state index contributed by atoms with van der Waals surface area (Å²) in [6, 6.07) is 96.0. The highest BCUT2D eigenvalue weighted by Crippen LogP contribution is 2.65. The number of nitriles is 1. The molecule has 22 rings (SSSR count). The normalized spacial score (nSPS) is 15.0. The van der Waals surface area contributed by atoms with Crippen molar-refractivity contribution in [1.82, 2.24) is 9.13 Å². The second-order valence-corrected chi connectivity index (χ2v) is 32.1. The molecule has 5 nitrogen and oxygen atoms in total. The van der Waals surface area contributed by atoms with Gasteiger partial charge in [0.1, 0.15) is 0 Å². The zero-order valence-electron chi connectivity index (χ0n) is 74.4. The Hall–Kier alpha value is -13.7. The predicted octanol–water partition coefficient (Wildman–Crippen LogP) is 25.4. The molecule has 6 heteroatoms. The highest BCUT2D eigenvalue weighted by molar-refractivity contribution is 7.00. The fourth-order valence-corrected chi connectivity index (χ4v) is 19.0. The Morgan fingerprint density at radius 2 is 0.848 bits per heavy atom. The summed E-state index contributed by atoms with van der Waals surface area (Å²) in [4.78, 5) is 4.73. The third-order valence-corrected chi connectivity index (χ3v) is 24.0. The van der Waals surface area contributed by atoms with Gasteiger partial charge in [-0.3, -0.25) is 0 Å². The first-order chi connectivity index (χ1) is 59.8. The Bertz CT molecular complexity index is 7680. The van der Waals surface area contributed by atoms with Crippen molar-refractivity contribution >= 4 is 101 Å². The quantitative estimate of drug-likeness (QED) is 0.142. The minimum Gasteiger partial charge on any atom is -0.311 e. The summed E-state index contributed by atoms with van der Waals surface area (Å²) < 4.78 is 116. The number of anilines is 6. The van der Waals surface area contributed by atoms with E-state index in [9.17, 15) is 16.2 Å². The monoisotopic (exact) mass is 1440 g/mol. The average molecular weight is 1440 g/mol. The minimum atomic E-state index is -0.851. The number of fused-ring (bicyclic) bond motifs is 20. The first-order valence-corrected chi connectivity index (χ1v) is 38.2. The van der Waals surface area contributed by atoms with Gasteiger partial charge in [0.05, 0.1) is 61.3 Å². The number of benzene rings is 16. The zero-order chi connectivity index (χ0) is 85.5. The van der Waals surface area contributed by atoms with Crippen LogP contribution in [0, 0.1) is 11.3 Å². The summed E-state index contributed by atoms with van der Waals surface area (Å²) in [5.74, 6) is 0. The van der Waals surface area contributed by atoms with Crippen molar-refractivity contribution in [2.45, 2.75) is 57.8 Å². The van der Waals surface area contributed by atoms with Crippen molar-refractivity contribution < 1.29 is 16.4 Å². The maximum absolute atomic E-state index is 10.7. The van der Waals surface area contributed by atoms with Crippen LogP contribution in [0.3, 0.4) is 0 Å². The van der Waals surface area contributed by atoms with E-state index in [1.807, 2.05) is 42.5 Å². The largest absolute Gasteiger partial charge is 0.311 e. The number of hydrogen-bond donors (Lipinski definition) is 0. The van der Waals surface area contributed by atoms with Crippen LogP contribution in [0.1, 0.15) is 96.9 Å². The summed E-state index contributed by atoms with van der Waals surface area (Å²) in [6.07, 6.45) is 0. The summed E-state index contributed by atoms with van der Waals surface area (Å²) in [5.41, 5.74) is 26.2. The van der Waals surface area contributed by atoms with Gasteiger partial charge in [-0.1, -0.05) is 302 Å². The summed E-state index contributed by atoms with van der Waals surface area (Å²) in [6.45, 7) is 12.9. The predicted molar refractivity (Wildman–Crippen MR) is 469 cm³/mol. The van der Waals surface area contributed by atoms with Crippen LogP contribution < -0.4 is 26.2 Å². The molecule has 0 saturated heterocycles. The standard InChI is InChI=1S/C106H76BN5/c1-104(2,3)72-48-57-95-87(61-72)84-53-47-73(105(4,5)6)62-96(84)111(95)76-52-55-92-98(64-76)112(103-78(69-28-12-8-13-29-69)37-25-38-79(103)70-30-14-9-15-31-70)100-60-71(77-36-24-39-85-82-34-18-22-42-90(82)106(101(77)85)88-40-20-16-32-80(88)81-33-17-21-41-89(81)106)59-99-102(100)107(92)91-54-51-75(110-93-43-23-19-35-83(93)86-58-66(65-108)44-56-94(86)110)63-97(91)109(99)74-49-45-68(46-50-74)67-26-10-7-11-27-67/h7-64H,1-6H3/i7D,10D,11D,19D,23D,26D,27D,35D,43D,44D,56D,58D. The van der Waals surface area contributed by atoms with Crippen molar-refractivity contribution in [3.63, 3.8) is 0 Å². The van der Waals surface area contributed by atoms with Crippen LogP contribution >= 0.6 is 0 Å². The van der Waals surface area contributed by atoms with Crippen molar-refractivity contribution in [3.05, 3.63) is 391 Å². The van der Waals surface area contributed by atoms with E-state index >= 15 is 0 Å². The van der Waals surface area contributed by atoms with Gasteiger partial charge in [-0.25, -0.2) is 0 Å². The molecule has 0 bridgehead atoms. The molecule has 0 radical (unpaired) electrons. The van der Waals surface area contributed by atoms with E-state index in [0.717, 1.165) is 145 Å². The van der Waals surface area contributed by atoms with E-state index in [2.05, 4.69) is 286 Å². The van der Waals surface area contributed by atoms with Gasteiger partial charge < -0.3 is 18.9 Å². The molecule has 0 N–H and O–H groups in total. The molecule has 112 heavy (non-hydrogen) atoms. The fourth-order valence-electron chi connectivity index (χ4n) is 19.0. The molecule has 2 aliphatic heterocycles. The smallest absolute Gasteiger partial charge is 0.252 e. The lowest BCUT2D eigenvalue weighted by Gasteiger charge is -2.45. The zero-order valence-corrected chi connectivity index (χ0v) is 62.4. The van der Waals surface area contributed by atoms with Gasteiger partial charge in [-0.05, 0) is 207 Å². The van der Waals surface area contributed by atoms with Crippen LogP contribution in [0.5, 0.6) is 0 Å². The Kier molecular flexibility index (Phi) is 11.8. The molecule has 0 atom stereocenters. The molecule has 0 amide bonds. The number of nitrogens with zero attached hydrogens (tertiary/aromatic N) is 5. The third-order valence-electron chi connectivity index (χ3n) is 24.0. The second-order valence-electron chi connectivity index (χ2n) is 32.1. The van der Waals surface area contributed by atoms with Crippen LogP contribution in [-0.2, 0) is 16.2 Å². The van der Waals surface area contributed by atoms with Crippen LogP contribution in [0.25, 0.3) is 122 Å². The molecule has 1 spiro atoms. The molecular weight excluding hydrogens is 1350 g/mol. The fraction of sp³-hybridized carbons (Fsp3) is 0.0849. The van der Waals surface area contributed by atoms with Gasteiger partial charge >= 0.3 is 0 Å². The summed E-state index contributed by atoms with van der Waals surface area (Å²) in [7, 11) is 0.